The van der Waals surface area contributed by atoms with Gasteiger partial charge in [-0.05, 0) is 29.5 Å². The third-order valence-corrected chi connectivity index (χ3v) is 6.37. The van der Waals surface area contributed by atoms with E-state index in [0.717, 1.165) is 22.4 Å². The molecule has 5 heteroatoms. The molecule has 0 aliphatic carbocycles. The first kappa shape index (κ1) is 23.5. The summed E-state index contributed by atoms with van der Waals surface area (Å²) in [6, 6.07) is 30.3. The van der Waals surface area contributed by atoms with Crippen LogP contribution in [0, 0.1) is 5.92 Å². The molecule has 0 radical (unpaired) electrons. The van der Waals surface area contributed by atoms with E-state index in [1.54, 1.807) is 0 Å². The highest BCUT2D eigenvalue weighted by Crippen LogP contribution is 2.41. The predicted octanol–water partition coefficient (Wildman–Crippen LogP) is 5.48. The molecule has 0 saturated carbocycles. The molecule has 4 rings (SSSR count). The van der Waals surface area contributed by atoms with Crippen molar-refractivity contribution in [3.05, 3.63) is 126 Å². The van der Waals surface area contributed by atoms with E-state index in [1.807, 2.05) is 51.5 Å². The summed E-state index contributed by atoms with van der Waals surface area (Å²) in [5, 5.41) is 12.9. The standard InChI is InChI=1S/C29H31N3O2/c1-21(2)27(28(33)34)31-22(3)26-19-32(20-30-26)29(23-13-7-4-8-14-23,24-15-9-5-10-16-24)25-17-11-6-12-18-25/h4-22,27,31H,1-3H3,(H,33,34)/t22?,27-/m0/s1. The Kier molecular flexibility index (Phi) is 6.94. The van der Waals surface area contributed by atoms with Crippen molar-refractivity contribution in [2.24, 2.45) is 5.92 Å². The van der Waals surface area contributed by atoms with Crippen molar-refractivity contribution in [3.63, 3.8) is 0 Å². The molecule has 174 valence electrons. The highest BCUT2D eigenvalue weighted by atomic mass is 16.4. The van der Waals surface area contributed by atoms with Crippen LogP contribution in [0.3, 0.4) is 0 Å². The van der Waals surface area contributed by atoms with Gasteiger partial charge in [0.1, 0.15) is 11.6 Å². The van der Waals surface area contributed by atoms with E-state index in [9.17, 15) is 9.90 Å². The lowest BCUT2D eigenvalue weighted by Gasteiger charge is -2.37. The molecule has 0 aliphatic rings. The van der Waals surface area contributed by atoms with Crippen LogP contribution < -0.4 is 5.32 Å². The summed E-state index contributed by atoms with van der Waals surface area (Å²) in [6.45, 7) is 5.77. The Morgan fingerprint density at radius 2 is 1.26 bits per heavy atom. The Hall–Kier alpha value is -3.70. The SMILES string of the molecule is CC(N[C@H](C(=O)O)C(C)C)c1cn(C(c2ccccc2)(c2ccccc2)c2ccccc2)cn1. The van der Waals surface area contributed by atoms with Gasteiger partial charge in [-0.1, -0.05) is 105 Å². The second kappa shape index (κ2) is 10.1. The van der Waals surface area contributed by atoms with Crippen molar-refractivity contribution in [1.82, 2.24) is 14.9 Å². The molecule has 4 aromatic rings. The van der Waals surface area contributed by atoms with E-state index in [4.69, 9.17) is 4.98 Å². The van der Waals surface area contributed by atoms with Gasteiger partial charge in [0, 0.05) is 12.2 Å². The van der Waals surface area contributed by atoms with E-state index in [0.29, 0.717) is 0 Å². The van der Waals surface area contributed by atoms with Crippen LogP contribution in [0.2, 0.25) is 0 Å². The van der Waals surface area contributed by atoms with Crippen molar-refractivity contribution in [3.8, 4) is 0 Å². The quantitative estimate of drug-likeness (QED) is 0.329. The molecule has 1 aromatic heterocycles. The molecule has 1 unspecified atom stereocenters. The zero-order valence-corrected chi connectivity index (χ0v) is 19.8. The van der Waals surface area contributed by atoms with Gasteiger partial charge in [0.25, 0.3) is 0 Å². The number of imidazole rings is 1. The second-order valence-electron chi connectivity index (χ2n) is 8.96. The van der Waals surface area contributed by atoms with E-state index < -0.39 is 17.6 Å². The normalized spacial score (nSPS) is 13.5. The van der Waals surface area contributed by atoms with Gasteiger partial charge in [-0.2, -0.15) is 0 Å². The van der Waals surface area contributed by atoms with Crippen LogP contribution in [-0.2, 0) is 10.3 Å². The number of aliphatic carboxylic acids is 1. The highest BCUT2D eigenvalue weighted by Gasteiger charge is 2.38. The first-order valence-corrected chi connectivity index (χ1v) is 11.6. The summed E-state index contributed by atoms with van der Waals surface area (Å²) in [5.41, 5.74) is 3.49. The van der Waals surface area contributed by atoms with Crippen LogP contribution in [0.4, 0.5) is 0 Å². The molecule has 5 nitrogen and oxygen atoms in total. The Balaban J connectivity index is 1.88. The summed E-state index contributed by atoms with van der Waals surface area (Å²) in [5.74, 6) is -0.896. The number of carboxylic acid groups (broad SMARTS) is 1. The minimum atomic E-state index is -0.853. The van der Waals surface area contributed by atoms with Crippen LogP contribution in [-0.4, -0.2) is 26.7 Å². The van der Waals surface area contributed by atoms with E-state index >= 15 is 0 Å². The van der Waals surface area contributed by atoms with Crippen LogP contribution in [0.1, 0.15) is 49.2 Å². The van der Waals surface area contributed by atoms with Gasteiger partial charge in [-0.3, -0.25) is 10.1 Å². The van der Waals surface area contributed by atoms with Crippen LogP contribution in [0.15, 0.2) is 104 Å². The van der Waals surface area contributed by atoms with Crippen molar-refractivity contribution in [2.45, 2.75) is 38.4 Å². The average Bonchev–Trinajstić information content (AvgIpc) is 3.35. The molecule has 0 amide bonds. The molecule has 0 aliphatic heterocycles. The highest BCUT2D eigenvalue weighted by molar-refractivity contribution is 5.73. The molecule has 0 fully saturated rings. The maximum Gasteiger partial charge on any atom is 0.320 e. The Morgan fingerprint density at radius 1 is 0.824 bits per heavy atom. The summed E-state index contributed by atoms with van der Waals surface area (Å²) >= 11 is 0. The minimum absolute atomic E-state index is 0.0425. The smallest absolute Gasteiger partial charge is 0.320 e. The van der Waals surface area contributed by atoms with Crippen LogP contribution in [0.5, 0.6) is 0 Å². The van der Waals surface area contributed by atoms with Crippen molar-refractivity contribution in [1.29, 1.82) is 0 Å². The number of benzene rings is 3. The van der Waals surface area contributed by atoms with Crippen LogP contribution >= 0.6 is 0 Å². The first-order valence-electron chi connectivity index (χ1n) is 11.6. The Bertz CT molecular complexity index is 1110. The molecule has 0 bridgehead atoms. The fourth-order valence-corrected chi connectivity index (χ4v) is 4.63. The third kappa shape index (κ3) is 4.39. The fourth-order valence-electron chi connectivity index (χ4n) is 4.63. The molecule has 1 heterocycles. The molecule has 0 saturated heterocycles. The lowest BCUT2D eigenvalue weighted by Crippen LogP contribution is -2.42. The maximum absolute atomic E-state index is 11.7. The maximum atomic E-state index is 11.7. The van der Waals surface area contributed by atoms with Gasteiger partial charge >= 0.3 is 5.97 Å². The van der Waals surface area contributed by atoms with E-state index in [-0.39, 0.29) is 12.0 Å². The Morgan fingerprint density at radius 3 is 1.65 bits per heavy atom. The topological polar surface area (TPSA) is 67.2 Å². The van der Waals surface area contributed by atoms with Gasteiger partial charge in [0.05, 0.1) is 12.0 Å². The number of carbonyl (C=O) groups is 1. The largest absolute Gasteiger partial charge is 0.480 e. The molecular weight excluding hydrogens is 422 g/mol. The van der Waals surface area contributed by atoms with Gasteiger partial charge in [0.2, 0.25) is 0 Å². The minimum Gasteiger partial charge on any atom is -0.480 e. The number of carboxylic acids is 1. The molecule has 34 heavy (non-hydrogen) atoms. The summed E-state index contributed by atoms with van der Waals surface area (Å²) in [7, 11) is 0. The molecular formula is C29H31N3O2. The van der Waals surface area contributed by atoms with Gasteiger partial charge in [0.15, 0.2) is 0 Å². The number of nitrogens with zero attached hydrogens (tertiary/aromatic N) is 2. The number of hydrogen-bond acceptors (Lipinski definition) is 3. The van der Waals surface area contributed by atoms with Crippen LogP contribution in [0.25, 0.3) is 0 Å². The fraction of sp³-hybridized carbons (Fsp3) is 0.241. The molecule has 3 aromatic carbocycles. The zero-order valence-electron chi connectivity index (χ0n) is 19.8. The van der Waals surface area contributed by atoms with Gasteiger partial charge in [-0.15, -0.1) is 0 Å². The van der Waals surface area contributed by atoms with Crippen molar-refractivity contribution >= 4 is 5.97 Å². The number of rotatable bonds is 9. The second-order valence-corrected chi connectivity index (χ2v) is 8.96. The average molecular weight is 454 g/mol. The Labute approximate surface area is 201 Å². The zero-order chi connectivity index (χ0) is 24.1. The monoisotopic (exact) mass is 453 g/mol. The first-order chi connectivity index (χ1) is 16.4. The number of hydrogen-bond donors (Lipinski definition) is 2. The van der Waals surface area contributed by atoms with Crippen molar-refractivity contribution < 1.29 is 9.90 Å². The number of nitrogens with one attached hydrogen (secondary N) is 1. The number of aromatic nitrogens is 2. The summed E-state index contributed by atoms with van der Waals surface area (Å²) < 4.78 is 2.14. The van der Waals surface area contributed by atoms with Gasteiger partial charge in [-0.25, -0.2) is 4.98 Å². The molecule has 2 N–H and O–H groups in total. The van der Waals surface area contributed by atoms with E-state index in [1.165, 1.54) is 0 Å². The predicted molar refractivity (Wildman–Crippen MR) is 135 cm³/mol. The summed E-state index contributed by atoms with van der Waals surface area (Å²) in [6.07, 6.45) is 3.88. The molecule has 2 atom stereocenters. The van der Waals surface area contributed by atoms with Crippen molar-refractivity contribution in [2.75, 3.05) is 0 Å². The summed E-state index contributed by atoms with van der Waals surface area (Å²) in [4.78, 5) is 16.5. The lowest BCUT2D eigenvalue weighted by molar-refractivity contribution is -0.140. The lowest BCUT2D eigenvalue weighted by atomic mass is 9.77. The van der Waals surface area contributed by atoms with Gasteiger partial charge < -0.3 is 9.67 Å². The molecule has 0 spiro atoms. The van der Waals surface area contributed by atoms with E-state index in [2.05, 4.69) is 82.7 Å². The third-order valence-electron chi connectivity index (χ3n) is 6.37.